The first-order chi connectivity index (χ1) is 8.71. The minimum atomic E-state index is -0.785. The van der Waals surface area contributed by atoms with Crippen LogP contribution in [0.4, 0.5) is 4.79 Å². The minimum Gasteiger partial charge on any atom is -0.378 e. The van der Waals surface area contributed by atoms with Crippen molar-refractivity contribution in [1.82, 2.24) is 10.2 Å². The zero-order chi connectivity index (χ0) is 12.6. The molecule has 3 heterocycles. The summed E-state index contributed by atoms with van der Waals surface area (Å²) in [7, 11) is 0. The fraction of sp³-hybridized carbons (Fsp3) is 0.500. The van der Waals surface area contributed by atoms with Crippen LogP contribution in [0.1, 0.15) is 11.3 Å². The van der Waals surface area contributed by atoms with Gasteiger partial charge in [-0.1, -0.05) is 6.07 Å². The number of hydrogen-bond acceptors (Lipinski definition) is 4. The second kappa shape index (κ2) is 4.37. The zero-order valence-electron chi connectivity index (χ0n) is 9.85. The monoisotopic (exact) mass is 266 g/mol. The zero-order valence-corrected chi connectivity index (χ0v) is 10.7. The molecule has 0 bridgehead atoms. The third-order valence-electron chi connectivity index (χ3n) is 3.43. The van der Waals surface area contributed by atoms with Gasteiger partial charge in [-0.25, -0.2) is 4.79 Å². The van der Waals surface area contributed by atoms with Crippen LogP contribution in [0.5, 0.6) is 0 Å². The number of nitrogens with zero attached hydrogens (tertiary/aromatic N) is 1. The van der Waals surface area contributed by atoms with E-state index in [1.807, 2.05) is 17.5 Å². The fourth-order valence-corrected chi connectivity index (χ4v) is 3.09. The number of ether oxygens (including phenoxy) is 1. The van der Waals surface area contributed by atoms with Crippen molar-refractivity contribution in [2.45, 2.75) is 18.4 Å². The minimum absolute atomic E-state index is 0.137. The maximum absolute atomic E-state index is 12.3. The van der Waals surface area contributed by atoms with E-state index in [-0.39, 0.29) is 11.9 Å². The Hall–Kier alpha value is -1.40. The molecule has 5 nitrogen and oxygen atoms in total. The molecule has 0 radical (unpaired) electrons. The van der Waals surface area contributed by atoms with Crippen molar-refractivity contribution >= 4 is 23.3 Å². The molecule has 1 unspecified atom stereocenters. The van der Waals surface area contributed by atoms with E-state index in [0.29, 0.717) is 32.6 Å². The van der Waals surface area contributed by atoms with Crippen LogP contribution < -0.4 is 5.32 Å². The number of carbonyl (C=O) groups excluding carboxylic acids is 2. The fourth-order valence-electron chi connectivity index (χ4n) is 2.39. The lowest BCUT2D eigenvalue weighted by molar-refractivity contribution is -0.131. The molecule has 3 amide bonds. The summed E-state index contributed by atoms with van der Waals surface area (Å²) in [4.78, 5) is 26.6. The van der Waals surface area contributed by atoms with Crippen LogP contribution in [0.15, 0.2) is 17.5 Å². The van der Waals surface area contributed by atoms with Crippen LogP contribution >= 0.6 is 11.3 Å². The van der Waals surface area contributed by atoms with Crippen LogP contribution in [0, 0.1) is 0 Å². The van der Waals surface area contributed by atoms with Gasteiger partial charge in [-0.15, -0.1) is 11.3 Å². The smallest absolute Gasteiger partial charge is 0.325 e. The maximum Gasteiger partial charge on any atom is 0.325 e. The van der Waals surface area contributed by atoms with E-state index in [4.69, 9.17) is 4.74 Å². The molecular weight excluding hydrogens is 252 g/mol. The van der Waals surface area contributed by atoms with Crippen LogP contribution in [-0.2, 0) is 16.0 Å². The lowest BCUT2D eigenvalue weighted by Gasteiger charge is -2.18. The second-order valence-corrected chi connectivity index (χ2v) is 5.63. The van der Waals surface area contributed by atoms with Crippen molar-refractivity contribution in [3.63, 3.8) is 0 Å². The third-order valence-corrected chi connectivity index (χ3v) is 4.37. The molecular formula is C12H14N2O3S. The number of thiophene rings is 1. The van der Waals surface area contributed by atoms with E-state index < -0.39 is 5.54 Å². The molecule has 2 aliphatic heterocycles. The Labute approximate surface area is 109 Å². The normalized spacial score (nSPS) is 27.2. The number of nitrogens with one attached hydrogen (secondary N) is 1. The maximum atomic E-state index is 12.3. The summed E-state index contributed by atoms with van der Waals surface area (Å²) in [6.45, 7) is 1.27. The summed E-state index contributed by atoms with van der Waals surface area (Å²) in [6.07, 6.45) is 1.29. The Bertz CT molecular complexity index is 466. The molecule has 3 rings (SSSR count). The van der Waals surface area contributed by atoms with E-state index in [1.54, 1.807) is 11.3 Å². The number of imide groups is 1. The first kappa shape index (κ1) is 11.7. The Morgan fingerprint density at radius 2 is 2.39 bits per heavy atom. The first-order valence-electron chi connectivity index (χ1n) is 5.95. The van der Waals surface area contributed by atoms with Gasteiger partial charge in [0.1, 0.15) is 5.54 Å². The summed E-state index contributed by atoms with van der Waals surface area (Å²) in [6, 6.07) is 3.69. The lowest BCUT2D eigenvalue weighted by atomic mass is 9.99. The largest absolute Gasteiger partial charge is 0.378 e. The molecule has 1 aromatic heterocycles. The Kier molecular flexibility index (Phi) is 2.83. The molecule has 2 aliphatic rings. The molecule has 0 aliphatic carbocycles. The molecule has 1 aromatic rings. The van der Waals surface area contributed by atoms with Crippen molar-refractivity contribution in [2.24, 2.45) is 0 Å². The van der Waals surface area contributed by atoms with Gasteiger partial charge in [-0.2, -0.15) is 0 Å². The molecule has 1 N–H and O–H groups in total. The number of carbonyl (C=O) groups is 2. The number of hydrogen-bond donors (Lipinski definition) is 1. The summed E-state index contributed by atoms with van der Waals surface area (Å²) in [5.74, 6) is -0.137. The number of urea groups is 1. The quantitative estimate of drug-likeness (QED) is 0.830. The average Bonchev–Trinajstić information content (AvgIpc) is 3.03. The van der Waals surface area contributed by atoms with Gasteiger partial charge in [-0.05, 0) is 17.9 Å². The van der Waals surface area contributed by atoms with Crippen LogP contribution in [0.3, 0.4) is 0 Å². The van der Waals surface area contributed by atoms with Crippen molar-refractivity contribution in [1.29, 1.82) is 0 Å². The first-order valence-corrected chi connectivity index (χ1v) is 6.83. The predicted octanol–water partition coefficient (Wildman–Crippen LogP) is 1.00. The standard InChI is InChI=1S/C12H14N2O3S/c15-10-12(4-6-17-8-12)13-11(16)14(10)5-3-9-2-1-7-18-9/h1-2,7H,3-6,8H2,(H,13,16). The summed E-state index contributed by atoms with van der Waals surface area (Å²) in [5.41, 5.74) is -0.785. The van der Waals surface area contributed by atoms with Crippen LogP contribution in [0.2, 0.25) is 0 Å². The molecule has 2 fully saturated rings. The average molecular weight is 266 g/mol. The van der Waals surface area contributed by atoms with Gasteiger partial charge in [0.2, 0.25) is 0 Å². The number of rotatable bonds is 3. The highest BCUT2D eigenvalue weighted by atomic mass is 32.1. The molecule has 6 heteroatoms. The van der Waals surface area contributed by atoms with E-state index >= 15 is 0 Å². The van der Waals surface area contributed by atoms with E-state index in [1.165, 1.54) is 9.78 Å². The summed E-state index contributed by atoms with van der Waals surface area (Å²) >= 11 is 1.64. The van der Waals surface area contributed by atoms with Gasteiger partial charge in [0.15, 0.2) is 0 Å². The molecule has 96 valence electrons. The molecule has 2 saturated heterocycles. The summed E-state index contributed by atoms with van der Waals surface area (Å²) in [5, 5.41) is 4.77. The lowest BCUT2D eigenvalue weighted by Crippen LogP contribution is -2.47. The van der Waals surface area contributed by atoms with Crippen LogP contribution in [0.25, 0.3) is 0 Å². The second-order valence-electron chi connectivity index (χ2n) is 4.60. The SMILES string of the molecule is O=C1NC2(CCOC2)C(=O)N1CCc1cccs1. The highest BCUT2D eigenvalue weighted by Gasteiger charge is 2.53. The predicted molar refractivity (Wildman–Crippen MR) is 66.4 cm³/mol. The number of amides is 3. The van der Waals surface area contributed by atoms with E-state index in [9.17, 15) is 9.59 Å². The van der Waals surface area contributed by atoms with Crippen LogP contribution in [-0.4, -0.2) is 42.1 Å². The Morgan fingerprint density at radius 1 is 1.50 bits per heavy atom. The van der Waals surface area contributed by atoms with Gasteiger partial charge >= 0.3 is 6.03 Å². The highest BCUT2D eigenvalue weighted by molar-refractivity contribution is 7.09. The summed E-state index contributed by atoms with van der Waals surface area (Å²) < 4.78 is 5.24. The van der Waals surface area contributed by atoms with Crippen molar-refractivity contribution < 1.29 is 14.3 Å². The van der Waals surface area contributed by atoms with E-state index in [2.05, 4.69) is 5.32 Å². The van der Waals surface area contributed by atoms with Gasteiger partial charge < -0.3 is 10.1 Å². The van der Waals surface area contributed by atoms with Crippen molar-refractivity contribution in [2.75, 3.05) is 19.8 Å². The van der Waals surface area contributed by atoms with Gasteiger partial charge in [0.25, 0.3) is 5.91 Å². The van der Waals surface area contributed by atoms with Gasteiger partial charge in [-0.3, -0.25) is 9.69 Å². The van der Waals surface area contributed by atoms with Gasteiger partial charge in [0.05, 0.1) is 6.61 Å². The van der Waals surface area contributed by atoms with Gasteiger partial charge in [0, 0.05) is 24.4 Å². The van der Waals surface area contributed by atoms with Crippen molar-refractivity contribution in [3.8, 4) is 0 Å². The molecule has 1 spiro atoms. The Morgan fingerprint density at radius 3 is 3.06 bits per heavy atom. The molecule has 1 atom stereocenters. The third kappa shape index (κ3) is 1.81. The molecule has 0 saturated carbocycles. The van der Waals surface area contributed by atoms with E-state index in [0.717, 1.165) is 0 Å². The molecule has 18 heavy (non-hydrogen) atoms. The topological polar surface area (TPSA) is 58.6 Å². The molecule has 0 aromatic carbocycles. The Balaban J connectivity index is 1.69. The van der Waals surface area contributed by atoms with Crippen molar-refractivity contribution in [3.05, 3.63) is 22.4 Å². The highest BCUT2D eigenvalue weighted by Crippen LogP contribution is 2.27.